The second-order valence-electron chi connectivity index (χ2n) is 8.00. The zero-order chi connectivity index (χ0) is 22.8. The highest BCUT2D eigenvalue weighted by atomic mass is 16.1. The Morgan fingerprint density at radius 1 is 0.531 bits per heavy atom. The molecule has 0 heterocycles. The molecule has 0 aromatic heterocycles. The first-order valence-electron chi connectivity index (χ1n) is 10.4. The largest absolute Gasteiger partial charge is 0.399 e. The molecule has 158 valence electrons. The van der Waals surface area contributed by atoms with E-state index in [4.69, 9.17) is 11.5 Å². The summed E-state index contributed by atoms with van der Waals surface area (Å²) < 4.78 is 0. The Morgan fingerprint density at radius 2 is 0.875 bits per heavy atom. The number of nitrogens with two attached hydrogens (primary N) is 2. The predicted octanol–water partition coefficient (Wildman–Crippen LogP) is 5.60. The second-order valence-corrected chi connectivity index (χ2v) is 8.00. The molecule has 4 aromatic carbocycles. The van der Waals surface area contributed by atoms with Crippen LogP contribution in [0.2, 0.25) is 0 Å². The molecule has 0 atom stereocenters. The molecule has 0 unspecified atom stereocenters. The van der Waals surface area contributed by atoms with Crippen LogP contribution in [-0.2, 0) is 0 Å². The van der Waals surface area contributed by atoms with Gasteiger partial charge in [-0.25, -0.2) is 0 Å². The number of carbonyl (C=O) groups excluding carboxylic acids is 2. The van der Waals surface area contributed by atoms with E-state index in [1.807, 2.05) is 38.1 Å². The van der Waals surface area contributed by atoms with Crippen LogP contribution in [0.25, 0.3) is 11.1 Å². The Morgan fingerprint density at radius 3 is 1.22 bits per heavy atom. The van der Waals surface area contributed by atoms with Crippen LogP contribution >= 0.6 is 0 Å². The lowest BCUT2D eigenvalue weighted by atomic mass is 9.88. The van der Waals surface area contributed by atoms with Crippen LogP contribution in [0.5, 0.6) is 0 Å². The molecule has 0 aliphatic rings. The Hall–Kier alpha value is -4.18. The Labute approximate surface area is 187 Å². The zero-order valence-electron chi connectivity index (χ0n) is 18.1. The highest BCUT2D eigenvalue weighted by Gasteiger charge is 2.21. The SMILES string of the molecule is Cc1ccc(C(=O)c2cc(N)ccc2-c2ccc(N)cc2C(=O)c2ccc(C)cc2)cc1. The van der Waals surface area contributed by atoms with Crippen LogP contribution in [0, 0.1) is 13.8 Å². The number of ketones is 2. The first-order chi connectivity index (χ1) is 15.3. The molecule has 0 spiro atoms. The molecule has 4 N–H and O–H groups in total. The maximum atomic E-state index is 13.4. The fourth-order valence-corrected chi connectivity index (χ4v) is 3.69. The van der Waals surface area contributed by atoms with Gasteiger partial charge in [0.2, 0.25) is 0 Å². The lowest BCUT2D eigenvalue weighted by Crippen LogP contribution is -2.09. The van der Waals surface area contributed by atoms with Gasteiger partial charge in [0.1, 0.15) is 0 Å². The maximum absolute atomic E-state index is 13.4. The van der Waals surface area contributed by atoms with Crippen molar-refractivity contribution in [1.29, 1.82) is 0 Å². The minimum atomic E-state index is -0.155. The van der Waals surface area contributed by atoms with E-state index in [0.717, 1.165) is 11.1 Å². The molecule has 0 bridgehead atoms. The van der Waals surface area contributed by atoms with E-state index in [9.17, 15) is 9.59 Å². The second kappa shape index (κ2) is 8.52. The number of anilines is 2. The van der Waals surface area contributed by atoms with E-state index < -0.39 is 0 Å². The lowest BCUT2D eigenvalue weighted by Gasteiger charge is -2.15. The fourth-order valence-electron chi connectivity index (χ4n) is 3.69. The summed E-state index contributed by atoms with van der Waals surface area (Å²) in [5.41, 5.74) is 18.4. The number of benzene rings is 4. The average Bonchev–Trinajstić information content (AvgIpc) is 2.79. The number of hydrogen-bond donors (Lipinski definition) is 2. The molecule has 0 fully saturated rings. The van der Waals surface area contributed by atoms with Gasteiger partial charge < -0.3 is 11.5 Å². The Kier molecular flexibility index (Phi) is 5.61. The molecule has 0 amide bonds. The third-order valence-corrected chi connectivity index (χ3v) is 5.49. The van der Waals surface area contributed by atoms with E-state index in [-0.39, 0.29) is 11.6 Å². The first kappa shape index (κ1) is 21.1. The normalized spacial score (nSPS) is 10.7. The van der Waals surface area contributed by atoms with Gasteiger partial charge in [0.05, 0.1) is 0 Å². The Bertz CT molecular complexity index is 1220. The molecule has 4 heteroatoms. The minimum absolute atomic E-state index is 0.155. The number of aryl methyl sites for hydroxylation is 2. The van der Waals surface area contributed by atoms with Crippen molar-refractivity contribution >= 4 is 22.9 Å². The fraction of sp³-hybridized carbons (Fsp3) is 0.0714. The Balaban J connectivity index is 1.88. The molecule has 0 saturated heterocycles. The van der Waals surface area contributed by atoms with Crippen LogP contribution in [0.4, 0.5) is 11.4 Å². The van der Waals surface area contributed by atoms with Gasteiger partial charge in [0.15, 0.2) is 11.6 Å². The minimum Gasteiger partial charge on any atom is -0.399 e. The highest BCUT2D eigenvalue weighted by Crippen LogP contribution is 2.33. The number of rotatable bonds is 5. The van der Waals surface area contributed by atoms with Gasteiger partial charge in [-0.15, -0.1) is 0 Å². The summed E-state index contributed by atoms with van der Waals surface area (Å²) >= 11 is 0. The molecule has 0 radical (unpaired) electrons. The molecular weight excluding hydrogens is 396 g/mol. The van der Waals surface area contributed by atoms with Gasteiger partial charge in [0.25, 0.3) is 0 Å². The molecular formula is C28H24N2O2. The summed E-state index contributed by atoms with van der Waals surface area (Å²) in [7, 11) is 0. The molecule has 4 rings (SSSR count). The van der Waals surface area contributed by atoms with Crippen LogP contribution in [0.1, 0.15) is 43.0 Å². The van der Waals surface area contributed by atoms with Gasteiger partial charge in [-0.3, -0.25) is 9.59 Å². The summed E-state index contributed by atoms with van der Waals surface area (Å²) in [6, 6.07) is 25.1. The van der Waals surface area contributed by atoms with E-state index in [2.05, 4.69) is 0 Å². The maximum Gasteiger partial charge on any atom is 0.193 e. The van der Waals surface area contributed by atoms with Crippen molar-refractivity contribution in [3.8, 4) is 11.1 Å². The summed E-state index contributed by atoms with van der Waals surface area (Å²) in [5, 5.41) is 0. The topological polar surface area (TPSA) is 86.2 Å². The van der Waals surface area contributed by atoms with Gasteiger partial charge >= 0.3 is 0 Å². The van der Waals surface area contributed by atoms with Gasteiger partial charge in [-0.05, 0) is 49.2 Å². The average molecular weight is 421 g/mol. The van der Waals surface area contributed by atoms with E-state index in [1.165, 1.54) is 0 Å². The van der Waals surface area contributed by atoms with Crippen molar-refractivity contribution in [2.75, 3.05) is 11.5 Å². The highest BCUT2D eigenvalue weighted by molar-refractivity contribution is 6.17. The lowest BCUT2D eigenvalue weighted by molar-refractivity contribution is 0.103. The van der Waals surface area contributed by atoms with Crippen LogP contribution in [0.3, 0.4) is 0 Å². The molecule has 4 aromatic rings. The van der Waals surface area contributed by atoms with Crippen molar-refractivity contribution in [2.24, 2.45) is 0 Å². The van der Waals surface area contributed by atoms with E-state index in [1.54, 1.807) is 60.7 Å². The van der Waals surface area contributed by atoms with E-state index >= 15 is 0 Å². The van der Waals surface area contributed by atoms with Gasteiger partial charge in [0, 0.05) is 33.6 Å². The van der Waals surface area contributed by atoms with Gasteiger partial charge in [-0.2, -0.15) is 0 Å². The standard InChI is InChI=1S/C28H24N2O2/c1-17-3-7-19(8-4-17)27(31)25-15-21(29)11-13-23(25)24-14-12-22(30)16-26(24)28(32)20-9-5-18(2)6-10-20/h3-16H,29-30H2,1-2H3. The molecule has 4 nitrogen and oxygen atoms in total. The summed E-state index contributed by atoms with van der Waals surface area (Å²) in [5.74, 6) is -0.310. The smallest absolute Gasteiger partial charge is 0.193 e. The van der Waals surface area contributed by atoms with Gasteiger partial charge in [-0.1, -0.05) is 71.8 Å². The van der Waals surface area contributed by atoms with Crippen molar-refractivity contribution < 1.29 is 9.59 Å². The third-order valence-electron chi connectivity index (χ3n) is 5.49. The molecule has 0 aliphatic heterocycles. The number of hydrogen-bond acceptors (Lipinski definition) is 4. The molecule has 32 heavy (non-hydrogen) atoms. The van der Waals surface area contributed by atoms with Crippen molar-refractivity contribution in [3.05, 3.63) is 118 Å². The zero-order valence-corrected chi connectivity index (χ0v) is 18.1. The molecule has 0 saturated carbocycles. The summed E-state index contributed by atoms with van der Waals surface area (Å²) in [6.07, 6.45) is 0. The van der Waals surface area contributed by atoms with Crippen LogP contribution in [0.15, 0.2) is 84.9 Å². The molecule has 0 aliphatic carbocycles. The van der Waals surface area contributed by atoms with Crippen molar-refractivity contribution in [3.63, 3.8) is 0 Å². The van der Waals surface area contributed by atoms with E-state index in [0.29, 0.717) is 44.8 Å². The quantitative estimate of drug-likeness (QED) is 0.325. The predicted molar refractivity (Wildman–Crippen MR) is 130 cm³/mol. The van der Waals surface area contributed by atoms with Crippen LogP contribution < -0.4 is 11.5 Å². The number of nitrogen functional groups attached to an aromatic ring is 2. The van der Waals surface area contributed by atoms with Crippen molar-refractivity contribution in [2.45, 2.75) is 13.8 Å². The monoisotopic (exact) mass is 420 g/mol. The van der Waals surface area contributed by atoms with Crippen LogP contribution in [-0.4, -0.2) is 11.6 Å². The third kappa shape index (κ3) is 4.16. The first-order valence-corrected chi connectivity index (χ1v) is 10.4. The number of carbonyl (C=O) groups is 2. The van der Waals surface area contributed by atoms with Crippen molar-refractivity contribution in [1.82, 2.24) is 0 Å². The summed E-state index contributed by atoms with van der Waals surface area (Å²) in [4.78, 5) is 26.8. The summed E-state index contributed by atoms with van der Waals surface area (Å²) in [6.45, 7) is 3.94.